The van der Waals surface area contributed by atoms with Gasteiger partial charge in [0.15, 0.2) is 5.16 Å². The average Bonchev–Trinajstić information content (AvgIpc) is 2.79. The molecule has 0 aliphatic rings. The summed E-state index contributed by atoms with van der Waals surface area (Å²) in [7, 11) is 0. The fourth-order valence-corrected chi connectivity index (χ4v) is 3.13. The first-order valence-electron chi connectivity index (χ1n) is 6.66. The number of nitrogens with one attached hydrogen (secondary N) is 1. The Kier molecular flexibility index (Phi) is 4.67. The number of hydrogen-bond acceptors (Lipinski definition) is 4. The molecule has 1 atom stereocenters. The maximum absolute atomic E-state index is 11.7. The van der Waals surface area contributed by atoms with Crippen LogP contribution in [-0.4, -0.2) is 19.9 Å². The van der Waals surface area contributed by atoms with Crippen LogP contribution in [0.1, 0.15) is 44.9 Å². The Morgan fingerprint density at radius 2 is 2.10 bits per heavy atom. The zero-order valence-electron chi connectivity index (χ0n) is 11.8. The third-order valence-corrected chi connectivity index (χ3v) is 4.12. The number of rotatable bonds is 5. The molecular weight excluding hydrogens is 274 g/mol. The molecule has 20 heavy (non-hydrogen) atoms. The summed E-state index contributed by atoms with van der Waals surface area (Å²) in [5, 5.41) is 17.2. The van der Waals surface area contributed by atoms with Crippen LogP contribution in [0, 0.1) is 0 Å². The summed E-state index contributed by atoms with van der Waals surface area (Å²) in [6, 6.07) is 7.69. The van der Waals surface area contributed by atoms with Crippen LogP contribution in [0.5, 0.6) is 0 Å². The second kappa shape index (κ2) is 6.28. The Balaban J connectivity index is 2.38. The van der Waals surface area contributed by atoms with Crippen molar-refractivity contribution in [3.63, 3.8) is 0 Å². The van der Waals surface area contributed by atoms with Crippen LogP contribution in [0.3, 0.4) is 0 Å². The van der Waals surface area contributed by atoms with Crippen molar-refractivity contribution in [3.05, 3.63) is 40.3 Å². The van der Waals surface area contributed by atoms with E-state index in [4.69, 9.17) is 0 Å². The topological polar surface area (TPSA) is 70.9 Å². The molecule has 0 saturated carbocycles. The number of nitrogens with zero attached hydrogens (tertiary/aromatic N) is 2. The normalized spacial score (nSPS) is 12.8. The highest BCUT2D eigenvalue weighted by Crippen LogP contribution is 2.33. The van der Waals surface area contributed by atoms with E-state index in [0.29, 0.717) is 11.6 Å². The van der Waals surface area contributed by atoms with Crippen molar-refractivity contribution in [2.24, 2.45) is 0 Å². The average molecular weight is 293 g/mol. The zero-order chi connectivity index (χ0) is 14.7. The summed E-state index contributed by atoms with van der Waals surface area (Å²) in [5.41, 5.74) is 0.654. The van der Waals surface area contributed by atoms with Crippen LogP contribution in [0.15, 0.2) is 39.1 Å². The minimum atomic E-state index is -0.503. The van der Waals surface area contributed by atoms with Crippen molar-refractivity contribution >= 4 is 11.8 Å². The molecule has 108 valence electrons. The summed E-state index contributed by atoms with van der Waals surface area (Å²) in [5.74, 6) is 0. The molecule has 2 rings (SSSR count). The van der Waals surface area contributed by atoms with E-state index < -0.39 is 6.10 Å². The standard InChI is InChI=1S/C14H19N3O2S/c1-4-11(18)10-7-5-6-8-12(10)20-14-16-15-13(19)17(14)9(2)3/h5-9,11,18H,4H2,1-3H3,(H,15,19)/t11-/m0/s1. The largest absolute Gasteiger partial charge is 0.388 e. The first-order valence-corrected chi connectivity index (χ1v) is 7.48. The minimum absolute atomic E-state index is 0.0343. The van der Waals surface area contributed by atoms with Crippen LogP contribution < -0.4 is 5.69 Å². The zero-order valence-corrected chi connectivity index (χ0v) is 12.6. The van der Waals surface area contributed by atoms with Crippen molar-refractivity contribution in [1.29, 1.82) is 0 Å². The first kappa shape index (κ1) is 14.9. The molecule has 0 spiro atoms. The maximum atomic E-state index is 11.7. The molecule has 1 aromatic heterocycles. The lowest BCUT2D eigenvalue weighted by Gasteiger charge is -2.14. The predicted molar refractivity (Wildman–Crippen MR) is 79.0 cm³/mol. The predicted octanol–water partition coefficient (Wildman–Crippen LogP) is 2.75. The maximum Gasteiger partial charge on any atom is 0.344 e. The van der Waals surface area contributed by atoms with Gasteiger partial charge in [0, 0.05) is 10.9 Å². The van der Waals surface area contributed by atoms with Crippen molar-refractivity contribution in [1.82, 2.24) is 14.8 Å². The molecule has 0 bridgehead atoms. The Morgan fingerprint density at radius 3 is 2.75 bits per heavy atom. The molecule has 6 heteroatoms. The molecule has 2 aromatic rings. The van der Waals surface area contributed by atoms with Crippen LogP contribution in [0.2, 0.25) is 0 Å². The highest BCUT2D eigenvalue weighted by atomic mass is 32.2. The second-order valence-corrected chi connectivity index (χ2v) is 5.85. The summed E-state index contributed by atoms with van der Waals surface area (Å²) >= 11 is 1.39. The van der Waals surface area contributed by atoms with E-state index >= 15 is 0 Å². The van der Waals surface area contributed by atoms with E-state index in [0.717, 1.165) is 10.5 Å². The Hall–Kier alpha value is -1.53. The van der Waals surface area contributed by atoms with Gasteiger partial charge < -0.3 is 5.11 Å². The minimum Gasteiger partial charge on any atom is -0.388 e. The van der Waals surface area contributed by atoms with Crippen LogP contribution in [0.4, 0.5) is 0 Å². The van der Waals surface area contributed by atoms with Crippen molar-refractivity contribution in [2.75, 3.05) is 0 Å². The molecule has 0 fully saturated rings. The SMILES string of the molecule is CC[C@H](O)c1ccccc1Sc1n[nH]c(=O)n1C(C)C. The third-order valence-electron chi connectivity index (χ3n) is 3.05. The molecule has 0 aliphatic carbocycles. The van der Waals surface area contributed by atoms with Crippen molar-refractivity contribution < 1.29 is 5.11 Å². The van der Waals surface area contributed by atoms with Gasteiger partial charge in [-0.05, 0) is 43.7 Å². The third kappa shape index (κ3) is 2.96. The van der Waals surface area contributed by atoms with Gasteiger partial charge in [-0.2, -0.15) is 0 Å². The number of aliphatic hydroxyl groups excluding tert-OH is 1. The van der Waals surface area contributed by atoms with Gasteiger partial charge in [-0.25, -0.2) is 9.89 Å². The smallest absolute Gasteiger partial charge is 0.344 e. The van der Waals surface area contributed by atoms with E-state index in [2.05, 4.69) is 10.2 Å². The number of aliphatic hydroxyl groups is 1. The fourth-order valence-electron chi connectivity index (χ4n) is 1.98. The lowest BCUT2D eigenvalue weighted by atomic mass is 10.1. The summed E-state index contributed by atoms with van der Waals surface area (Å²) in [4.78, 5) is 12.6. The van der Waals surface area contributed by atoms with Crippen LogP contribution in [0.25, 0.3) is 0 Å². The molecule has 5 nitrogen and oxygen atoms in total. The lowest BCUT2D eigenvalue weighted by molar-refractivity contribution is 0.171. The quantitative estimate of drug-likeness (QED) is 0.889. The number of hydrogen-bond donors (Lipinski definition) is 2. The van der Waals surface area contributed by atoms with E-state index in [1.165, 1.54) is 11.8 Å². The van der Waals surface area contributed by atoms with E-state index in [1.807, 2.05) is 45.0 Å². The van der Waals surface area contributed by atoms with Crippen molar-refractivity contribution in [2.45, 2.75) is 49.4 Å². The van der Waals surface area contributed by atoms with Gasteiger partial charge in [-0.3, -0.25) is 4.57 Å². The molecule has 0 aliphatic heterocycles. The van der Waals surface area contributed by atoms with E-state index in [1.54, 1.807) is 4.57 Å². The van der Waals surface area contributed by atoms with Gasteiger partial charge in [0.05, 0.1) is 6.10 Å². The van der Waals surface area contributed by atoms with Crippen molar-refractivity contribution in [3.8, 4) is 0 Å². The van der Waals surface area contributed by atoms with Gasteiger partial charge in [-0.1, -0.05) is 25.1 Å². The lowest BCUT2D eigenvalue weighted by Crippen LogP contribution is -2.19. The number of H-pyrrole nitrogens is 1. The van der Waals surface area contributed by atoms with Gasteiger partial charge in [-0.15, -0.1) is 5.10 Å². The number of aromatic nitrogens is 3. The summed E-state index contributed by atoms with van der Waals surface area (Å²) < 4.78 is 1.61. The second-order valence-electron chi connectivity index (χ2n) is 4.84. The fraction of sp³-hybridized carbons (Fsp3) is 0.429. The number of aromatic amines is 1. The molecule has 0 radical (unpaired) electrons. The van der Waals surface area contributed by atoms with E-state index in [9.17, 15) is 9.90 Å². The van der Waals surface area contributed by atoms with Crippen LogP contribution >= 0.6 is 11.8 Å². The molecule has 0 unspecified atom stereocenters. The number of benzene rings is 1. The molecular formula is C14H19N3O2S. The molecule has 1 aromatic carbocycles. The van der Waals surface area contributed by atoms with Gasteiger partial charge >= 0.3 is 5.69 Å². The van der Waals surface area contributed by atoms with Gasteiger partial charge in [0.1, 0.15) is 0 Å². The first-order chi connectivity index (χ1) is 9.54. The Morgan fingerprint density at radius 1 is 1.40 bits per heavy atom. The summed E-state index contributed by atoms with van der Waals surface area (Å²) in [6.45, 7) is 5.81. The van der Waals surface area contributed by atoms with Gasteiger partial charge in [0.2, 0.25) is 0 Å². The molecule has 0 amide bonds. The highest BCUT2D eigenvalue weighted by molar-refractivity contribution is 7.99. The monoisotopic (exact) mass is 293 g/mol. The Labute approximate surface area is 122 Å². The van der Waals surface area contributed by atoms with Gasteiger partial charge in [0.25, 0.3) is 0 Å². The Bertz CT molecular complexity index is 633. The molecule has 2 N–H and O–H groups in total. The summed E-state index contributed by atoms with van der Waals surface area (Å²) in [6.07, 6.45) is 0.145. The molecule has 0 saturated heterocycles. The van der Waals surface area contributed by atoms with E-state index in [-0.39, 0.29) is 11.7 Å². The highest BCUT2D eigenvalue weighted by Gasteiger charge is 2.16. The van der Waals surface area contributed by atoms with Crippen LogP contribution in [-0.2, 0) is 0 Å². The molecule has 1 heterocycles.